The topological polar surface area (TPSA) is 3.24 Å². The average Bonchev–Trinajstić information content (AvgIpc) is 2.43. The fourth-order valence-corrected chi connectivity index (χ4v) is 11.0. The van der Waals surface area contributed by atoms with Gasteiger partial charge < -0.3 is 4.90 Å². The summed E-state index contributed by atoms with van der Waals surface area (Å²) in [6.45, 7) is 41.3. The lowest BCUT2D eigenvalue weighted by atomic mass is 9.82. The molecule has 0 aliphatic carbocycles. The number of anilines is 3. The molecule has 9 rings (SSSR count). The molecule has 0 amide bonds. The first-order valence-corrected chi connectivity index (χ1v) is 30.8. The van der Waals surface area contributed by atoms with E-state index in [1.807, 2.05) is 0 Å². The van der Waals surface area contributed by atoms with E-state index in [0.717, 1.165) is 33.8 Å². The fourth-order valence-electron chi connectivity index (χ4n) is 11.0. The molecule has 0 aliphatic heterocycles. The van der Waals surface area contributed by atoms with Gasteiger partial charge in [0.25, 0.3) is 0 Å². The van der Waals surface area contributed by atoms with Crippen LogP contribution in [0.4, 0.5) is 17.1 Å². The molecule has 0 N–H and O–H groups in total. The highest BCUT2D eigenvalue weighted by Crippen LogP contribution is 2.40. The molecule has 0 heterocycles. The van der Waals surface area contributed by atoms with Gasteiger partial charge in [-0.3, -0.25) is 0 Å². The van der Waals surface area contributed by atoms with E-state index in [2.05, 4.69) is 366 Å². The van der Waals surface area contributed by atoms with Crippen molar-refractivity contribution >= 4 is 52.0 Å². The van der Waals surface area contributed by atoms with Crippen LogP contribution in [0.3, 0.4) is 0 Å². The number of hydrogen-bond donors (Lipinski definition) is 0. The van der Waals surface area contributed by atoms with Crippen LogP contribution < -0.4 is 4.90 Å². The second kappa shape index (κ2) is 24.2. The molecule has 1 heteroatoms. The highest BCUT2D eigenvalue weighted by molar-refractivity contribution is 5.95. The van der Waals surface area contributed by atoms with Crippen molar-refractivity contribution in [2.75, 3.05) is 4.90 Å². The third-order valence-corrected chi connectivity index (χ3v) is 16.6. The Morgan fingerprint density at radius 2 is 0.388 bits per heavy atom. The van der Waals surface area contributed by atoms with Crippen LogP contribution in [0.5, 0.6) is 0 Å². The quantitative estimate of drug-likeness (QED) is 0.110. The normalized spacial score (nSPS) is 12.4. The van der Waals surface area contributed by atoms with E-state index >= 15 is 0 Å². The van der Waals surface area contributed by atoms with Crippen LogP contribution in [0.2, 0.25) is 0 Å². The lowest BCUT2D eigenvalue weighted by Crippen LogP contribution is -2.12. The first-order chi connectivity index (χ1) is 39.9. The Hall–Kier alpha value is -8.00. The highest BCUT2D eigenvalue weighted by Gasteiger charge is 2.23. The van der Waals surface area contributed by atoms with Crippen LogP contribution in [0.15, 0.2) is 218 Å². The molecule has 0 fully saturated rings. The number of rotatable bonds is 12. The zero-order valence-electron chi connectivity index (χ0n) is 54.5. The van der Waals surface area contributed by atoms with Gasteiger partial charge in [-0.05, 0) is 187 Å². The van der Waals surface area contributed by atoms with Gasteiger partial charge in [-0.25, -0.2) is 0 Å². The van der Waals surface area contributed by atoms with E-state index in [9.17, 15) is 0 Å². The lowest BCUT2D eigenvalue weighted by Gasteiger charge is -2.26. The Morgan fingerprint density at radius 1 is 0.224 bits per heavy atom. The summed E-state index contributed by atoms with van der Waals surface area (Å²) in [6.07, 6.45) is 7.12. The highest BCUT2D eigenvalue weighted by atomic mass is 15.1. The zero-order valence-corrected chi connectivity index (χ0v) is 54.5. The second-order valence-electron chi connectivity index (χ2n) is 29.8. The minimum absolute atomic E-state index is 0.0131. The van der Waals surface area contributed by atoms with Crippen molar-refractivity contribution < 1.29 is 0 Å². The van der Waals surface area contributed by atoms with E-state index in [4.69, 9.17) is 0 Å². The standard InChI is InChI=1S/C84H93N/c1-79(2,3)67-31-19-25-61(52-67)76(62-26-20-32-68(53-62)80(4,5)6)49-58-37-43-73(44-38-58)85(74-45-39-59(40-46-74)50-77(63-27-21-33-69(54-63)81(7,8)9)64-28-22-34-70(55-64)82(10,11)12)75-47-41-60(42-48-75)51-78(65-29-23-35-71(56-65)83(13,14)15)66-30-24-36-72(57-66)84(16,17)18/h19-57H,1-18H3. The molecule has 0 aliphatic rings. The summed E-state index contributed by atoms with van der Waals surface area (Å²) < 4.78 is 0. The molecule has 434 valence electrons. The molecule has 0 radical (unpaired) electrons. The molecule has 0 atom stereocenters. The SMILES string of the molecule is CC(C)(C)c1cccc(C(=Cc2ccc(N(c3ccc(C=C(c4cccc(C(C)(C)C)c4)c4cccc(C(C)(C)C)c4)cc3)c3ccc(C=C(c4cccc(C(C)(C)C)c4)c4cccc(C(C)(C)C)c4)cc3)cc2)c2cccc(C(C)(C)C)c2)c1. The molecule has 9 aromatic carbocycles. The van der Waals surface area contributed by atoms with Gasteiger partial charge in [0.15, 0.2) is 0 Å². The average molecular weight is 1120 g/mol. The van der Waals surface area contributed by atoms with Crippen molar-refractivity contribution in [2.24, 2.45) is 0 Å². The molecule has 0 aromatic heterocycles. The van der Waals surface area contributed by atoms with Gasteiger partial charge in [0.1, 0.15) is 0 Å². The Morgan fingerprint density at radius 3 is 0.541 bits per heavy atom. The minimum Gasteiger partial charge on any atom is -0.311 e. The maximum absolute atomic E-state index is 2.40. The summed E-state index contributed by atoms with van der Waals surface area (Å²) in [4.78, 5) is 2.40. The van der Waals surface area contributed by atoms with Gasteiger partial charge in [0.2, 0.25) is 0 Å². The summed E-state index contributed by atoms with van der Waals surface area (Å²) in [7, 11) is 0. The third kappa shape index (κ3) is 15.1. The van der Waals surface area contributed by atoms with Gasteiger partial charge in [0, 0.05) is 17.1 Å². The molecular weight excluding hydrogens is 1020 g/mol. The Kier molecular flexibility index (Phi) is 17.5. The van der Waals surface area contributed by atoms with Crippen LogP contribution in [0.25, 0.3) is 34.9 Å². The van der Waals surface area contributed by atoms with Crippen LogP contribution >= 0.6 is 0 Å². The van der Waals surface area contributed by atoms with Crippen molar-refractivity contribution in [3.8, 4) is 0 Å². The first kappa shape index (κ1) is 61.6. The molecule has 0 unspecified atom stereocenters. The minimum atomic E-state index is 0.0131. The monoisotopic (exact) mass is 1120 g/mol. The van der Waals surface area contributed by atoms with Crippen LogP contribution in [-0.4, -0.2) is 0 Å². The molecule has 0 saturated heterocycles. The summed E-state index contributed by atoms with van der Waals surface area (Å²) in [5.74, 6) is 0. The Balaban J connectivity index is 1.18. The smallest absolute Gasteiger partial charge is 0.0462 e. The molecule has 9 aromatic rings. The van der Waals surface area contributed by atoms with Crippen molar-refractivity contribution in [3.05, 3.63) is 302 Å². The molecule has 85 heavy (non-hydrogen) atoms. The largest absolute Gasteiger partial charge is 0.311 e. The predicted molar refractivity (Wildman–Crippen MR) is 373 cm³/mol. The third-order valence-electron chi connectivity index (χ3n) is 16.6. The van der Waals surface area contributed by atoms with Crippen molar-refractivity contribution in [1.82, 2.24) is 0 Å². The molecule has 0 saturated carbocycles. The summed E-state index contributed by atoms with van der Waals surface area (Å²) in [5, 5.41) is 0. The fraction of sp³-hybridized carbons (Fsp3) is 0.286. The van der Waals surface area contributed by atoms with Gasteiger partial charge in [-0.1, -0.05) is 307 Å². The van der Waals surface area contributed by atoms with Crippen LogP contribution in [-0.2, 0) is 32.5 Å². The first-order valence-electron chi connectivity index (χ1n) is 30.8. The van der Waals surface area contributed by atoms with Crippen molar-refractivity contribution in [3.63, 3.8) is 0 Å². The zero-order chi connectivity index (χ0) is 61.3. The predicted octanol–water partition coefficient (Wildman–Crippen LogP) is 23.7. The van der Waals surface area contributed by atoms with E-state index < -0.39 is 0 Å². The maximum Gasteiger partial charge on any atom is 0.0462 e. The summed E-state index contributed by atoms with van der Waals surface area (Å²) in [5.41, 5.74) is 25.5. The van der Waals surface area contributed by atoms with Gasteiger partial charge in [-0.15, -0.1) is 0 Å². The number of hydrogen-bond acceptors (Lipinski definition) is 1. The summed E-state index contributed by atoms with van der Waals surface area (Å²) >= 11 is 0. The van der Waals surface area contributed by atoms with Crippen molar-refractivity contribution in [2.45, 2.75) is 157 Å². The van der Waals surface area contributed by atoms with Crippen LogP contribution in [0, 0.1) is 0 Å². The Bertz CT molecular complexity index is 3300. The molecule has 1 nitrogen and oxygen atoms in total. The lowest BCUT2D eigenvalue weighted by molar-refractivity contribution is 0.589. The molecule has 0 bridgehead atoms. The number of nitrogens with zero attached hydrogens (tertiary/aromatic N) is 1. The van der Waals surface area contributed by atoms with Gasteiger partial charge in [-0.2, -0.15) is 0 Å². The molecule has 0 spiro atoms. The van der Waals surface area contributed by atoms with Gasteiger partial charge in [0.05, 0.1) is 0 Å². The Labute approximate surface area is 513 Å². The maximum atomic E-state index is 2.40. The van der Waals surface area contributed by atoms with E-state index in [1.54, 1.807) is 0 Å². The number of benzene rings is 9. The van der Waals surface area contributed by atoms with E-state index in [0.29, 0.717) is 0 Å². The molecular formula is C84H93N. The second-order valence-corrected chi connectivity index (χ2v) is 29.8. The van der Waals surface area contributed by atoms with Crippen LogP contribution in [0.1, 0.15) is 208 Å². The van der Waals surface area contributed by atoms with E-state index in [1.165, 1.54) is 83.5 Å². The summed E-state index contributed by atoms with van der Waals surface area (Å²) in [6, 6.07) is 82.1. The van der Waals surface area contributed by atoms with Gasteiger partial charge >= 0.3 is 0 Å². The van der Waals surface area contributed by atoms with Crippen molar-refractivity contribution in [1.29, 1.82) is 0 Å². The van der Waals surface area contributed by atoms with E-state index in [-0.39, 0.29) is 32.5 Å².